The molecule has 0 amide bonds. The molecule has 5 heteroatoms. The van der Waals surface area contributed by atoms with Gasteiger partial charge in [-0.15, -0.1) is 0 Å². The number of rotatable bonds is 7. The molecular weight excluding hydrogens is 304 g/mol. The van der Waals surface area contributed by atoms with Crippen molar-refractivity contribution in [2.45, 2.75) is 46.1 Å². The molecular formula is C14H19BrN4. The van der Waals surface area contributed by atoms with E-state index in [4.69, 9.17) is 5.26 Å². The molecule has 0 saturated heterocycles. The highest BCUT2D eigenvalue weighted by Crippen LogP contribution is 2.34. The van der Waals surface area contributed by atoms with E-state index in [1.165, 1.54) is 0 Å². The molecule has 0 N–H and O–H groups in total. The summed E-state index contributed by atoms with van der Waals surface area (Å²) in [7, 11) is 0. The number of nitrogens with zero attached hydrogens (tertiary/aromatic N) is 4. The molecule has 19 heavy (non-hydrogen) atoms. The summed E-state index contributed by atoms with van der Waals surface area (Å²) in [5.74, 6) is 0. The fraction of sp³-hybridized carbons (Fsp3) is 0.643. The van der Waals surface area contributed by atoms with Gasteiger partial charge in [0.05, 0.1) is 6.33 Å². The van der Waals surface area contributed by atoms with Crippen LogP contribution >= 0.6 is 15.9 Å². The summed E-state index contributed by atoms with van der Waals surface area (Å²) in [6, 6.07) is 4.06. The molecule has 0 bridgehead atoms. The van der Waals surface area contributed by atoms with Crippen LogP contribution in [0.3, 0.4) is 0 Å². The molecule has 4 nitrogen and oxygen atoms in total. The first-order chi connectivity index (χ1) is 9.16. The molecule has 1 aromatic heterocycles. The van der Waals surface area contributed by atoms with Crippen molar-refractivity contribution >= 4 is 15.9 Å². The van der Waals surface area contributed by atoms with Crippen LogP contribution in [-0.2, 0) is 6.54 Å². The van der Waals surface area contributed by atoms with Crippen LogP contribution in [0.4, 0.5) is 0 Å². The van der Waals surface area contributed by atoms with Crippen LogP contribution in [0.5, 0.6) is 0 Å². The standard InChI is InChI=1S/C14H19BrN4/c1-3-5-14(9-15,6-4-2)10-19-11-18-12(7-16)13(19)8-17/h11H,3-6,9-10H2,1-2H3. The van der Waals surface area contributed by atoms with Crippen LogP contribution in [0.25, 0.3) is 0 Å². The van der Waals surface area contributed by atoms with Gasteiger partial charge in [0.1, 0.15) is 12.1 Å². The van der Waals surface area contributed by atoms with E-state index in [-0.39, 0.29) is 11.1 Å². The summed E-state index contributed by atoms with van der Waals surface area (Å²) in [5, 5.41) is 19.0. The van der Waals surface area contributed by atoms with Gasteiger partial charge in [-0.25, -0.2) is 4.98 Å². The van der Waals surface area contributed by atoms with E-state index in [0.717, 1.165) is 37.6 Å². The number of imidazole rings is 1. The molecule has 0 aliphatic carbocycles. The Labute approximate surface area is 123 Å². The lowest BCUT2D eigenvalue weighted by atomic mass is 9.81. The van der Waals surface area contributed by atoms with Crippen molar-refractivity contribution in [2.24, 2.45) is 5.41 Å². The van der Waals surface area contributed by atoms with Crippen molar-refractivity contribution in [1.29, 1.82) is 10.5 Å². The predicted octanol–water partition coefficient (Wildman–Crippen LogP) is 3.61. The van der Waals surface area contributed by atoms with Crippen LogP contribution in [-0.4, -0.2) is 14.9 Å². The number of hydrogen-bond donors (Lipinski definition) is 0. The average molecular weight is 323 g/mol. The van der Waals surface area contributed by atoms with Crippen molar-refractivity contribution in [1.82, 2.24) is 9.55 Å². The van der Waals surface area contributed by atoms with Gasteiger partial charge in [0.2, 0.25) is 0 Å². The van der Waals surface area contributed by atoms with Crippen molar-refractivity contribution in [2.75, 3.05) is 5.33 Å². The Bertz CT molecular complexity index is 487. The lowest BCUT2D eigenvalue weighted by Gasteiger charge is -2.32. The quantitative estimate of drug-likeness (QED) is 0.720. The Hall–Kier alpha value is -1.33. The molecule has 0 fully saturated rings. The fourth-order valence-electron chi connectivity index (χ4n) is 2.58. The largest absolute Gasteiger partial charge is 0.321 e. The number of hydrogen-bond acceptors (Lipinski definition) is 3. The normalized spacial score (nSPS) is 11.0. The van der Waals surface area contributed by atoms with Crippen molar-refractivity contribution in [3.8, 4) is 12.1 Å². The summed E-state index contributed by atoms with van der Waals surface area (Å²) >= 11 is 3.62. The second kappa shape index (κ2) is 7.31. The maximum Gasteiger partial charge on any atom is 0.176 e. The molecule has 0 aliphatic rings. The lowest BCUT2D eigenvalue weighted by molar-refractivity contribution is 0.232. The molecule has 0 unspecified atom stereocenters. The van der Waals surface area contributed by atoms with Gasteiger partial charge in [-0.1, -0.05) is 42.6 Å². The zero-order valence-electron chi connectivity index (χ0n) is 11.5. The van der Waals surface area contributed by atoms with E-state index in [1.807, 2.05) is 10.6 Å². The minimum atomic E-state index is 0.128. The highest BCUT2D eigenvalue weighted by Gasteiger charge is 2.29. The first kappa shape index (κ1) is 15.7. The zero-order chi connectivity index (χ0) is 14.3. The minimum Gasteiger partial charge on any atom is -0.321 e. The van der Waals surface area contributed by atoms with Crippen LogP contribution in [0, 0.1) is 28.1 Å². The molecule has 1 rings (SSSR count). The maximum atomic E-state index is 9.17. The van der Waals surface area contributed by atoms with Gasteiger partial charge < -0.3 is 4.57 Å². The molecule has 0 atom stereocenters. The summed E-state index contributed by atoms with van der Waals surface area (Å²) < 4.78 is 1.82. The third-order valence-corrected chi connectivity index (χ3v) is 4.59. The van der Waals surface area contributed by atoms with E-state index in [1.54, 1.807) is 6.33 Å². The maximum absolute atomic E-state index is 9.17. The molecule has 102 valence electrons. The summed E-state index contributed by atoms with van der Waals surface area (Å²) in [6.07, 6.45) is 6.01. The second-order valence-corrected chi connectivity index (χ2v) is 5.49. The Morgan fingerprint density at radius 1 is 1.26 bits per heavy atom. The Morgan fingerprint density at radius 3 is 2.32 bits per heavy atom. The van der Waals surface area contributed by atoms with E-state index >= 15 is 0 Å². The zero-order valence-corrected chi connectivity index (χ0v) is 13.1. The Kier molecular flexibility index (Phi) is 6.05. The smallest absolute Gasteiger partial charge is 0.176 e. The van der Waals surface area contributed by atoms with Crippen molar-refractivity contribution in [3.63, 3.8) is 0 Å². The number of nitriles is 2. The van der Waals surface area contributed by atoms with Crippen molar-refractivity contribution in [3.05, 3.63) is 17.7 Å². The number of aromatic nitrogens is 2. The van der Waals surface area contributed by atoms with Crippen LogP contribution in [0.1, 0.15) is 50.9 Å². The molecule has 0 aliphatic heterocycles. The third kappa shape index (κ3) is 3.58. The predicted molar refractivity (Wildman–Crippen MR) is 77.7 cm³/mol. The monoisotopic (exact) mass is 322 g/mol. The van der Waals surface area contributed by atoms with E-state index in [2.05, 4.69) is 40.8 Å². The first-order valence-corrected chi connectivity index (χ1v) is 7.69. The van der Waals surface area contributed by atoms with E-state index in [0.29, 0.717) is 5.69 Å². The van der Waals surface area contributed by atoms with Crippen LogP contribution < -0.4 is 0 Å². The fourth-order valence-corrected chi connectivity index (χ4v) is 3.32. The van der Waals surface area contributed by atoms with Gasteiger partial charge in [-0.05, 0) is 18.3 Å². The van der Waals surface area contributed by atoms with Crippen LogP contribution in [0.2, 0.25) is 0 Å². The van der Waals surface area contributed by atoms with Gasteiger partial charge in [0, 0.05) is 11.9 Å². The lowest BCUT2D eigenvalue weighted by Crippen LogP contribution is -2.29. The van der Waals surface area contributed by atoms with Gasteiger partial charge in [-0.2, -0.15) is 10.5 Å². The molecule has 0 spiro atoms. The van der Waals surface area contributed by atoms with Gasteiger partial charge >= 0.3 is 0 Å². The van der Waals surface area contributed by atoms with E-state index < -0.39 is 0 Å². The van der Waals surface area contributed by atoms with Crippen LogP contribution in [0.15, 0.2) is 6.33 Å². The molecule has 1 heterocycles. The average Bonchev–Trinajstić information content (AvgIpc) is 2.80. The van der Waals surface area contributed by atoms with Gasteiger partial charge in [0.15, 0.2) is 11.4 Å². The molecule has 0 radical (unpaired) electrons. The molecule has 0 aromatic carbocycles. The molecule has 1 aromatic rings. The summed E-state index contributed by atoms with van der Waals surface area (Å²) in [6.45, 7) is 5.08. The third-order valence-electron chi connectivity index (χ3n) is 3.40. The first-order valence-electron chi connectivity index (χ1n) is 6.57. The van der Waals surface area contributed by atoms with Gasteiger partial charge in [-0.3, -0.25) is 0 Å². The van der Waals surface area contributed by atoms with Gasteiger partial charge in [0.25, 0.3) is 0 Å². The Morgan fingerprint density at radius 2 is 1.89 bits per heavy atom. The highest BCUT2D eigenvalue weighted by atomic mass is 79.9. The number of alkyl halides is 1. The summed E-state index contributed by atoms with van der Waals surface area (Å²) in [4.78, 5) is 4.01. The summed E-state index contributed by atoms with van der Waals surface area (Å²) in [5.41, 5.74) is 0.724. The topological polar surface area (TPSA) is 65.4 Å². The molecule has 0 saturated carbocycles. The SMILES string of the molecule is CCCC(CBr)(CCC)Cn1cnc(C#N)c1C#N. The van der Waals surface area contributed by atoms with E-state index in [9.17, 15) is 5.26 Å². The Balaban J connectivity index is 3.06. The van der Waals surface area contributed by atoms with Crippen molar-refractivity contribution < 1.29 is 0 Å². The highest BCUT2D eigenvalue weighted by molar-refractivity contribution is 9.09. The number of halogens is 1. The minimum absolute atomic E-state index is 0.128. The second-order valence-electron chi connectivity index (χ2n) is 4.93.